The smallest absolute Gasteiger partial charge is 0.0962 e. The Morgan fingerprint density at radius 1 is 1.38 bits per heavy atom. The van der Waals surface area contributed by atoms with Gasteiger partial charge in [-0.25, -0.2) is 0 Å². The summed E-state index contributed by atoms with van der Waals surface area (Å²) in [6.07, 6.45) is 2.32. The molecule has 0 nitrogen and oxygen atoms in total. The summed E-state index contributed by atoms with van der Waals surface area (Å²) in [5.41, 5.74) is 0.196. The molecule has 2 atom stereocenters. The predicted octanol–water partition coefficient (Wildman–Crippen LogP) is 5.74. The molecule has 0 saturated heterocycles. The van der Waals surface area contributed by atoms with Crippen molar-refractivity contribution in [3.05, 3.63) is 28.5 Å². The maximum atomic E-state index is 3.93. The van der Waals surface area contributed by atoms with E-state index in [1.807, 2.05) is 11.8 Å². The van der Waals surface area contributed by atoms with Crippen molar-refractivity contribution in [1.29, 1.82) is 0 Å². The molecule has 0 bridgehead atoms. The van der Waals surface area contributed by atoms with E-state index in [-0.39, 0.29) is 9.07 Å². The monoisotopic (exact) mass is 380 g/mol. The molecular weight excluding hydrogens is 368 g/mol. The van der Waals surface area contributed by atoms with Gasteiger partial charge in [-0.3, -0.25) is 0 Å². The number of rotatable bonds is 1. The maximum absolute atomic E-state index is 3.93. The summed E-state index contributed by atoms with van der Waals surface area (Å²) in [5.74, 6) is 0. The van der Waals surface area contributed by atoms with Gasteiger partial charge < -0.3 is 0 Å². The average molecular weight is 382 g/mol. The minimum absolute atomic E-state index is 0.0410. The molecule has 2 unspecified atom stereocenters. The van der Waals surface area contributed by atoms with Crippen molar-refractivity contribution in [3.63, 3.8) is 0 Å². The van der Waals surface area contributed by atoms with Crippen LogP contribution in [0.3, 0.4) is 0 Å². The van der Waals surface area contributed by atoms with E-state index >= 15 is 0 Å². The zero-order chi connectivity index (χ0) is 12.0. The van der Waals surface area contributed by atoms with E-state index < -0.39 is 0 Å². The van der Waals surface area contributed by atoms with Crippen LogP contribution in [0.4, 0.5) is 0 Å². The van der Waals surface area contributed by atoms with Gasteiger partial charge in [0.15, 0.2) is 0 Å². The molecule has 1 aromatic rings. The van der Waals surface area contributed by atoms with Crippen molar-refractivity contribution < 1.29 is 0 Å². The van der Waals surface area contributed by atoms with E-state index in [9.17, 15) is 0 Å². The molecule has 0 amide bonds. The molecule has 4 heteroatoms. The van der Waals surface area contributed by atoms with Crippen LogP contribution < -0.4 is 0 Å². The first-order valence-electron chi connectivity index (χ1n) is 5.12. The first-order valence-corrected chi connectivity index (χ1v) is 8.53. The minimum atomic E-state index is 0.0410. The molecule has 0 saturated carbocycles. The van der Waals surface area contributed by atoms with Crippen molar-refractivity contribution in [1.82, 2.24) is 0 Å². The van der Waals surface area contributed by atoms with Gasteiger partial charge in [0, 0.05) is 9.78 Å². The summed E-state index contributed by atoms with van der Waals surface area (Å²) in [4.78, 5) is 3.10. The van der Waals surface area contributed by atoms with Crippen LogP contribution in [0, 0.1) is 5.41 Å². The van der Waals surface area contributed by atoms with Crippen LogP contribution in [0.5, 0.6) is 0 Å². The van der Waals surface area contributed by atoms with E-state index in [4.69, 9.17) is 0 Å². The number of thiophene rings is 1. The number of hydrogen-bond donors (Lipinski definition) is 0. The quantitative estimate of drug-likeness (QED) is 0.559. The Labute approximate surface area is 122 Å². The van der Waals surface area contributed by atoms with Crippen LogP contribution in [-0.4, -0.2) is 8.48 Å². The molecular formula is C12H14Br2S2. The average Bonchev–Trinajstić information content (AvgIpc) is 2.74. The van der Waals surface area contributed by atoms with Crippen molar-refractivity contribution in [3.8, 4) is 0 Å². The Kier molecular flexibility index (Phi) is 3.67. The molecule has 0 spiro atoms. The van der Waals surface area contributed by atoms with Crippen LogP contribution in [0.1, 0.15) is 25.6 Å². The second-order valence-corrected chi connectivity index (χ2v) is 9.90. The second kappa shape index (κ2) is 4.45. The summed E-state index contributed by atoms with van der Waals surface area (Å²) >= 11 is 11.4. The van der Waals surface area contributed by atoms with Gasteiger partial charge in [-0.05, 0) is 16.9 Å². The fourth-order valence-electron chi connectivity index (χ4n) is 1.61. The van der Waals surface area contributed by atoms with Gasteiger partial charge in [-0.1, -0.05) is 64.8 Å². The fourth-order valence-corrected chi connectivity index (χ4v) is 5.76. The molecule has 0 aromatic carbocycles. The summed E-state index contributed by atoms with van der Waals surface area (Å²) < 4.78 is 0.0410. The summed E-state index contributed by atoms with van der Waals surface area (Å²) in [7, 11) is 0. The molecule has 1 aromatic heterocycles. The van der Waals surface area contributed by atoms with Crippen LogP contribution in [-0.2, 0) is 0 Å². The van der Waals surface area contributed by atoms with Crippen LogP contribution in [0.25, 0.3) is 4.91 Å². The molecule has 0 radical (unpaired) electrons. The SMILES string of the molecule is CC(C)(C)C1(Br)SC(c2cccs2)=CC1Br. The molecule has 1 aliphatic rings. The lowest BCUT2D eigenvalue weighted by Gasteiger charge is -2.38. The largest absolute Gasteiger partial charge is 0.143 e. The summed E-state index contributed by atoms with van der Waals surface area (Å²) in [5, 5.41) is 2.13. The highest BCUT2D eigenvalue weighted by molar-refractivity contribution is 9.14. The minimum Gasteiger partial charge on any atom is -0.143 e. The van der Waals surface area contributed by atoms with Gasteiger partial charge in [0.1, 0.15) is 0 Å². The van der Waals surface area contributed by atoms with Gasteiger partial charge in [0.25, 0.3) is 0 Å². The van der Waals surface area contributed by atoms with E-state index in [0.29, 0.717) is 4.83 Å². The van der Waals surface area contributed by atoms with Gasteiger partial charge in [-0.2, -0.15) is 0 Å². The topological polar surface area (TPSA) is 0 Å². The Morgan fingerprint density at radius 3 is 2.50 bits per heavy atom. The second-order valence-electron chi connectivity index (χ2n) is 4.91. The third-order valence-corrected chi connectivity index (χ3v) is 9.51. The van der Waals surface area contributed by atoms with Crippen LogP contribution >= 0.6 is 55.0 Å². The first kappa shape index (κ1) is 13.2. The third kappa shape index (κ3) is 2.18. The lowest BCUT2D eigenvalue weighted by molar-refractivity contribution is 0.383. The third-order valence-electron chi connectivity index (χ3n) is 2.70. The zero-order valence-corrected chi connectivity index (χ0v) is 14.3. The van der Waals surface area contributed by atoms with Crippen LogP contribution in [0.2, 0.25) is 0 Å². The lowest BCUT2D eigenvalue weighted by Crippen LogP contribution is -2.38. The zero-order valence-electron chi connectivity index (χ0n) is 9.46. The maximum Gasteiger partial charge on any atom is 0.0962 e. The van der Waals surface area contributed by atoms with Crippen molar-refractivity contribution in [2.75, 3.05) is 0 Å². The Bertz CT molecular complexity index is 403. The van der Waals surface area contributed by atoms with Crippen molar-refractivity contribution >= 4 is 59.9 Å². The Balaban J connectivity index is 2.29. The molecule has 0 fully saturated rings. The normalized spacial score (nSPS) is 30.6. The number of hydrogen-bond acceptors (Lipinski definition) is 2. The summed E-state index contributed by atoms with van der Waals surface area (Å²) in [6.45, 7) is 6.82. The van der Waals surface area contributed by atoms with Crippen molar-refractivity contribution in [2.45, 2.75) is 29.3 Å². The van der Waals surface area contributed by atoms with Crippen LogP contribution in [0.15, 0.2) is 23.6 Å². The van der Waals surface area contributed by atoms with Crippen molar-refractivity contribution in [2.24, 2.45) is 5.41 Å². The Morgan fingerprint density at radius 2 is 2.06 bits per heavy atom. The molecule has 16 heavy (non-hydrogen) atoms. The van der Waals surface area contributed by atoms with Gasteiger partial charge in [0.05, 0.1) is 8.48 Å². The highest BCUT2D eigenvalue weighted by Gasteiger charge is 2.49. The van der Waals surface area contributed by atoms with E-state index in [1.54, 1.807) is 11.3 Å². The predicted molar refractivity (Wildman–Crippen MR) is 83.7 cm³/mol. The van der Waals surface area contributed by atoms with E-state index in [0.717, 1.165) is 0 Å². The molecule has 2 heterocycles. The number of allylic oxidation sites excluding steroid dienone is 1. The number of alkyl halides is 2. The fraction of sp³-hybridized carbons (Fsp3) is 0.500. The standard InChI is InChI=1S/C12H14Br2S2/c1-11(2,3)12(14)10(13)7-9(16-12)8-5-4-6-15-8/h4-7,10H,1-3H3. The number of halogens is 2. The number of thioether (sulfide) groups is 1. The highest BCUT2D eigenvalue weighted by atomic mass is 79.9. The Hall–Kier alpha value is 0.750. The van der Waals surface area contributed by atoms with Gasteiger partial charge in [0.2, 0.25) is 0 Å². The summed E-state index contributed by atoms with van der Waals surface area (Å²) in [6, 6.07) is 4.29. The van der Waals surface area contributed by atoms with E-state index in [1.165, 1.54) is 9.78 Å². The molecule has 0 aliphatic carbocycles. The molecule has 1 aliphatic heterocycles. The molecule has 0 N–H and O–H groups in total. The lowest BCUT2D eigenvalue weighted by atomic mass is 9.89. The van der Waals surface area contributed by atoms with E-state index in [2.05, 4.69) is 76.2 Å². The highest BCUT2D eigenvalue weighted by Crippen LogP contribution is 2.61. The van der Waals surface area contributed by atoms with Gasteiger partial charge in [-0.15, -0.1) is 23.1 Å². The van der Waals surface area contributed by atoms with Gasteiger partial charge >= 0.3 is 0 Å². The molecule has 2 rings (SSSR count). The first-order chi connectivity index (χ1) is 7.34. The molecule has 88 valence electrons.